The molecule has 1 aliphatic heterocycles. The molecular formula is C13H18N4O. The number of methoxy groups -OCH3 is 1. The van der Waals surface area contributed by atoms with E-state index in [0.717, 1.165) is 32.0 Å². The van der Waals surface area contributed by atoms with Gasteiger partial charge in [-0.1, -0.05) is 6.07 Å². The number of anilines is 1. The average molecular weight is 246 g/mol. The van der Waals surface area contributed by atoms with E-state index in [1.807, 2.05) is 25.1 Å². The van der Waals surface area contributed by atoms with E-state index in [1.54, 1.807) is 7.11 Å². The predicted molar refractivity (Wildman–Crippen MR) is 69.7 cm³/mol. The molecule has 5 heteroatoms. The van der Waals surface area contributed by atoms with Gasteiger partial charge in [0.15, 0.2) is 0 Å². The van der Waals surface area contributed by atoms with Crippen LogP contribution < -0.4 is 9.64 Å². The van der Waals surface area contributed by atoms with E-state index in [2.05, 4.69) is 20.9 Å². The van der Waals surface area contributed by atoms with Crippen LogP contribution in [-0.2, 0) is 0 Å². The molecule has 1 unspecified atom stereocenters. The first-order chi connectivity index (χ1) is 8.74. The molecule has 0 radical (unpaired) electrons. The van der Waals surface area contributed by atoms with Crippen molar-refractivity contribution < 1.29 is 4.74 Å². The van der Waals surface area contributed by atoms with Gasteiger partial charge < -0.3 is 9.64 Å². The molecule has 1 aromatic heterocycles. The summed E-state index contributed by atoms with van der Waals surface area (Å²) in [5.74, 6) is 1.58. The molecule has 0 saturated carbocycles. The third-order valence-electron chi connectivity index (χ3n) is 3.29. The largest absolute Gasteiger partial charge is 0.481 e. The zero-order chi connectivity index (χ0) is 13.0. The van der Waals surface area contributed by atoms with Gasteiger partial charge in [0.05, 0.1) is 19.2 Å². The Morgan fingerprint density at radius 3 is 2.67 bits per heavy atom. The molecule has 0 aliphatic carbocycles. The summed E-state index contributed by atoms with van der Waals surface area (Å²) in [6.45, 7) is 5.53. The van der Waals surface area contributed by atoms with Crippen LogP contribution >= 0.6 is 0 Å². The molecule has 0 bridgehead atoms. The second-order valence-corrected chi connectivity index (χ2v) is 4.37. The van der Waals surface area contributed by atoms with E-state index in [4.69, 9.17) is 10.00 Å². The number of hydrogen-bond acceptors (Lipinski definition) is 5. The Morgan fingerprint density at radius 2 is 2.06 bits per heavy atom. The maximum Gasteiger partial charge on any atom is 0.214 e. The summed E-state index contributed by atoms with van der Waals surface area (Å²) in [7, 11) is 1.62. The van der Waals surface area contributed by atoms with E-state index in [9.17, 15) is 0 Å². The van der Waals surface area contributed by atoms with Gasteiger partial charge in [0.1, 0.15) is 5.82 Å². The highest BCUT2D eigenvalue weighted by atomic mass is 16.5. The van der Waals surface area contributed by atoms with Gasteiger partial charge in [0.2, 0.25) is 5.88 Å². The van der Waals surface area contributed by atoms with Gasteiger partial charge >= 0.3 is 0 Å². The van der Waals surface area contributed by atoms with Gasteiger partial charge in [-0.15, -0.1) is 0 Å². The Balaban J connectivity index is 1.99. The Morgan fingerprint density at radius 1 is 1.33 bits per heavy atom. The van der Waals surface area contributed by atoms with Gasteiger partial charge in [0, 0.05) is 32.2 Å². The molecular weight excluding hydrogens is 228 g/mol. The number of aromatic nitrogens is 1. The maximum atomic E-state index is 8.90. The standard InChI is InChI=1S/C13H18N4O/c1-11(10-14)16-6-8-17(9-7-16)12-4-3-5-13(15-12)18-2/h3-5,11H,6-9H2,1-2H3. The number of pyridine rings is 1. The predicted octanol–water partition coefficient (Wildman–Crippen LogP) is 1.12. The molecule has 1 fully saturated rings. The van der Waals surface area contributed by atoms with E-state index in [0.29, 0.717) is 5.88 Å². The Kier molecular flexibility index (Phi) is 4.00. The molecule has 0 amide bonds. The van der Waals surface area contributed by atoms with Crippen molar-refractivity contribution in [3.63, 3.8) is 0 Å². The van der Waals surface area contributed by atoms with Crippen molar-refractivity contribution in [2.24, 2.45) is 0 Å². The van der Waals surface area contributed by atoms with Crippen molar-refractivity contribution >= 4 is 5.82 Å². The second-order valence-electron chi connectivity index (χ2n) is 4.37. The van der Waals surface area contributed by atoms with Crippen molar-refractivity contribution in [1.82, 2.24) is 9.88 Å². The van der Waals surface area contributed by atoms with E-state index >= 15 is 0 Å². The van der Waals surface area contributed by atoms with Crippen LogP contribution in [0.2, 0.25) is 0 Å². The van der Waals surface area contributed by atoms with E-state index < -0.39 is 0 Å². The molecule has 0 aromatic carbocycles. The zero-order valence-electron chi connectivity index (χ0n) is 10.8. The molecule has 2 heterocycles. The summed E-state index contributed by atoms with van der Waals surface area (Å²) >= 11 is 0. The average Bonchev–Trinajstić information content (AvgIpc) is 2.46. The molecule has 1 aromatic rings. The monoisotopic (exact) mass is 246 g/mol. The lowest BCUT2D eigenvalue weighted by Crippen LogP contribution is -2.49. The van der Waals surface area contributed by atoms with Crippen molar-refractivity contribution in [1.29, 1.82) is 5.26 Å². The summed E-state index contributed by atoms with van der Waals surface area (Å²) in [5.41, 5.74) is 0. The van der Waals surface area contributed by atoms with Crippen LogP contribution in [0.1, 0.15) is 6.92 Å². The summed E-state index contributed by atoms with van der Waals surface area (Å²) in [6, 6.07) is 8.06. The van der Waals surface area contributed by atoms with Crippen molar-refractivity contribution in [2.75, 3.05) is 38.2 Å². The highest BCUT2D eigenvalue weighted by molar-refractivity contribution is 5.41. The smallest absolute Gasteiger partial charge is 0.214 e. The SMILES string of the molecule is COc1cccc(N2CCN(C(C)C#N)CC2)n1. The molecule has 5 nitrogen and oxygen atoms in total. The topological polar surface area (TPSA) is 52.4 Å². The van der Waals surface area contributed by atoms with Crippen LogP contribution in [0.4, 0.5) is 5.82 Å². The van der Waals surface area contributed by atoms with Crippen molar-refractivity contribution in [2.45, 2.75) is 13.0 Å². The van der Waals surface area contributed by atoms with Crippen LogP contribution in [-0.4, -0.2) is 49.2 Å². The van der Waals surface area contributed by atoms with Gasteiger partial charge in [0.25, 0.3) is 0 Å². The minimum atomic E-state index is -0.00887. The fourth-order valence-electron chi connectivity index (χ4n) is 2.11. The molecule has 18 heavy (non-hydrogen) atoms. The number of nitrogens with zero attached hydrogens (tertiary/aromatic N) is 4. The Hall–Kier alpha value is -1.80. The molecule has 0 N–H and O–H groups in total. The lowest BCUT2D eigenvalue weighted by atomic mass is 10.2. The Bertz CT molecular complexity index is 435. The summed E-state index contributed by atoms with van der Waals surface area (Å²) in [5, 5.41) is 8.90. The van der Waals surface area contributed by atoms with E-state index in [-0.39, 0.29) is 6.04 Å². The number of nitriles is 1. The number of rotatable bonds is 3. The molecule has 1 atom stereocenters. The lowest BCUT2D eigenvalue weighted by molar-refractivity contribution is 0.231. The molecule has 0 spiro atoms. The minimum Gasteiger partial charge on any atom is -0.481 e. The highest BCUT2D eigenvalue weighted by Crippen LogP contribution is 2.17. The quantitative estimate of drug-likeness (QED) is 0.800. The Labute approximate surface area is 108 Å². The second kappa shape index (κ2) is 5.69. The van der Waals surface area contributed by atoms with E-state index in [1.165, 1.54) is 0 Å². The summed E-state index contributed by atoms with van der Waals surface area (Å²) in [6.07, 6.45) is 0. The van der Waals surface area contributed by atoms with Crippen LogP contribution in [0, 0.1) is 11.3 Å². The van der Waals surface area contributed by atoms with Gasteiger partial charge in [-0.3, -0.25) is 4.90 Å². The molecule has 96 valence electrons. The fraction of sp³-hybridized carbons (Fsp3) is 0.538. The maximum absolute atomic E-state index is 8.90. The third kappa shape index (κ3) is 2.71. The van der Waals surface area contributed by atoms with Crippen molar-refractivity contribution in [3.05, 3.63) is 18.2 Å². The van der Waals surface area contributed by atoms with Gasteiger partial charge in [-0.2, -0.15) is 10.2 Å². The number of hydrogen-bond donors (Lipinski definition) is 0. The van der Waals surface area contributed by atoms with Crippen LogP contribution in [0.5, 0.6) is 5.88 Å². The van der Waals surface area contributed by atoms with Crippen LogP contribution in [0.3, 0.4) is 0 Å². The molecule has 2 rings (SSSR count). The summed E-state index contributed by atoms with van der Waals surface area (Å²) in [4.78, 5) is 8.84. The van der Waals surface area contributed by atoms with Crippen molar-refractivity contribution in [3.8, 4) is 11.9 Å². The molecule has 1 saturated heterocycles. The zero-order valence-corrected chi connectivity index (χ0v) is 10.8. The first-order valence-electron chi connectivity index (χ1n) is 6.14. The highest BCUT2D eigenvalue weighted by Gasteiger charge is 2.21. The lowest BCUT2D eigenvalue weighted by Gasteiger charge is -2.36. The summed E-state index contributed by atoms with van der Waals surface area (Å²) < 4.78 is 5.13. The molecule has 1 aliphatic rings. The number of ether oxygens (including phenoxy) is 1. The minimum absolute atomic E-state index is 0.00887. The first-order valence-corrected chi connectivity index (χ1v) is 6.14. The van der Waals surface area contributed by atoms with Crippen LogP contribution in [0.25, 0.3) is 0 Å². The first kappa shape index (κ1) is 12.7. The number of piperazine rings is 1. The van der Waals surface area contributed by atoms with Crippen LogP contribution in [0.15, 0.2) is 18.2 Å². The van der Waals surface area contributed by atoms with Gasteiger partial charge in [-0.25, -0.2) is 0 Å². The third-order valence-corrected chi connectivity index (χ3v) is 3.29. The van der Waals surface area contributed by atoms with Gasteiger partial charge in [-0.05, 0) is 13.0 Å². The normalized spacial score (nSPS) is 18.2. The fourth-order valence-corrected chi connectivity index (χ4v) is 2.11.